The Morgan fingerprint density at radius 3 is 2.70 bits per heavy atom. The molecule has 20 heavy (non-hydrogen) atoms. The van der Waals surface area contributed by atoms with E-state index < -0.39 is 0 Å². The van der Waals surface area contributed by atoms with Crippen LogP contribution in [-0.2, 0) is 6.42 Å². The number of aryl methyl sites for hydroxylation is 1. The first-order valence-electron chi connectivity index (χ1n) is 6.09. The Kier molecular flexibility index (Phi) is 3.66. The quantitative estimate of drug-likeness (QED) is 0.798. The van der Waals surface area contributed by atoms with Crippen LogP contribution in [-0.4, -0.2) is 32.2 Å². The molecule has 0 aromatic carbocycles. The third kappa shape index (κ3) is 2.39. The fourth-order valence-corrected chi connectivity index (χ4v) is 3.60. The Bertz CT molecular complexity index is 706. The number of hydrogen-bond acceptors (Lipinski definition) is 8. The summed E-state index contributed by atoms with van der Waals surface area (Å²) in [4.78, 5) is 14.1. The molecule has 0 atom stereocenters. The third-order valence-corrected chi connectivity index (χ3v) is 4.86. The number of nitrogens with one attached hydrogen (secondary N) is 1. The van der Waals surface area contributed by atoms with Gasteiger partial charge < -0.3 is 5.32 Å². The smallest absolute Gasteiger partial charge is 0.205 e. The van der Waals surface area contributed by atoms with Gasteiger partial charge in [-0.15, -0.1) is 21.5 Å². The molecule has 3 aromatic heterocycles. The fraction of sp³-hybridized carbons (Fsp3) is 0.250. The van der Waals surface area contributed by atoms with E-state index in [0.717, 1.165) is 37.8 Å². The second-order valence-electron chi connectivity index (χ2n) is 3.90. The van der Waals surface area contributed by atoms with Crippen LogP contribution >= 0.6 is 22.7 Å². The Balaban J connectivity index is 2.05. The first kappa shape index (κ1) is 13.1. The Morgan fingerprint density at radius 2 is 2.05 bits per heavy atom. The van der Waals surface area contributed by atoms with E-state index in [0.29, 0.717) is 0 Å². The maximum Gasteiger partial charge on any atom is 0.205 e. The topological polar surface area (TPSA) is 76.5 Å². The predicted molar refractivity (Wildman–Crippen MR) is 81.0 cm³/mol. The first-order valence-corrected chi connectivity index (χ1v) is 7.72. The van der Waals surface area contributed by atoms with E-state index in [1.165, 1.54) is 11.3 Å². The highest BCUT2D eigenvalue weighted by Crippen LogP contribution is 2.37. The van der Waals surface area contributed by atoms with E-state index >= 15 is 0 Å². The summed E-state index contributed by atoms with van der Waals surface area (Å²) in [6.07, 6.45) is 5.90. The Labute approximate surface area is 124 Å². The van der Waals surface area contributed by atoms with Crippen LogP contribution in [0.25, 0.3) is 20.6 Å². The van der Waals surface area contributed by atoms with Gasteiger partial charge >= 0.3 is 0 Å². The summed E-state index contributed by atoms with van der Waals surface area (Å²) in [6.45, 7) is 2.08. The molecule has 8 heteroatoms. The van der Waals surface area contributed by atoms with Gasteiger partial charge in [0, 0.05) is 19.4 Å². The lowest BCUT2D eigenvalue weighted by atomic mass is 10.3. The predicted octanol–water partition coefficient (Wildman–Crippen LogP) is 2.72. The monoisotopic (exact) mass is 304 g/mol. The molecule has 0 aliphatic heterocycles. The van der Waals surface area contributed by atoms with E-state index in [9.17, 15) is 0 Å². The largest absolute Gasteiger partial charge is 0.363 e. The molecule has 6 nitrogen and oxygen atoms in total. The van der Waals surface area contributed by atoms with Crippen molar-refractivity contribution >= 4 is 27.8 Å². The summed E-state index contributed by atoms with van der Waals surface area (Å²) in [7, 11) is 1.84. The van der Waals surface area contributed by atoms with Crippen molar-refractivity contribution < 1.29 is 0 Å². The van der Waals surface area contributed by atoms with Crippen LogP contribution in [0.2, 0.25) is 0 Å². The Hall–Kier alpha value is -1.93. The van der Waals surface area contributed by atoms with Crippen molar-refractivity contribution in [3.05, 3.63) is 24.3 Å². The van der Waals surface area contributed by atoms with Gasteiger partial charge in [-0.25, -0.2) is 4.98 Å². The second-order valence-corrected chi connectivity index (χ2v) is 5.88. The molecule has 102 valence electrons. The molecule has 3 heterocycles. The van der Waals surface area contributed by atoms with Crippen molar-refractivity contribution in [2.75, 3.05) is 12.4 Å². The van der Waals surface area contributed by atoms with Crippen LogP contribution in [0.1, 0.15) is 12.6 Å². The molecule has 0 unspecified atom stereocenters. The molecule has 0 amide bonds. The van der Waals surface area contributed by atoms with Crippen LogP contribution in [0.3, 0.4) is 0 Å². The van der Waals surface area contributed by atoms with Gasteiger partial charge in [0.1, 0.15) is 10.7 Å². The van der Waals surface area contributed by atoms with Gasteiger partial charge in [0.25, 0.3) is 0 Å². The molecule has 0 saturated carbocycles. The van der Waals surface area contributed by atoms with Crippen molar-refractivity contribution in [2.45, 2.75) is 13.3 Å². The van der Waals surface area contributed by atoms with Crippen LogP contribution in [0.15, 0.2) is 18.6 Å². The number of nitrogens with zero attached hydrogens (tertiary/aromatic N) is 5. The average Bonchev–Trinajstić information content (AvgIpc) is 3.14. The van der Waals surface area contributed by atoms with Gasteiger partial charge in [0.2, 0.25) is 5.13 Å². The summed E-state index contributed by atoms with van der Waals surface area (Å²) >= 11 is 3.11. The van der Waals surface area contributed by atoms with E-state index in [4.69, 9.17) is 0 Å². The van der Waals surface area contributed by atoms with E-state index in [2.05, 4.69) is 37.4 Å². The number of hydrogen-bond donors (Lipinski definition) is 1. The van der Waals surface area contributed by atoms with Crippen LogP contribution in [0, 0.1) is 0 Å². The van der Waals surface area contributed by atoms with E-state index in [-0.39, 0.29) is 0 Å². The SMILES string of the molecule is CCc1nc(-c2cnccn2)sc1-c1nnc(NC)s1. The molecule has 0 spiro atoms. The third-order valence-electron chi connectivity index (χ3n) is 2.65. The zero-order valence-corrected chi connectivity index (χ0v) is 12.6. The molecule has 3 rings (SSSR count). The minimum absolute atomic E-state index is 0.789. The fourth-order valence-electron chi connectivity index (χ4n) is 1.69. The highest BCUT2D eigenvalue weighted by Gasteiger charge is 2.17. The average molecular weight is 304 g/mol. The molecular weight excluding hydrogens is 292 g/mol. The Morgan fingerprint density at radius 1 is 1.15 bits per heavy atom. The number of thiazole rings is 1. The van der Waals surface area contributed by atoms with E-state index in [1.54, 1.807) is 29.9 Å². The van der Waals surface area contributed by atoms with Crippen molar-refractivity contribution in [2.24, 2.45) is 0 Å². The molecule has 0 bridgehead atoms. The van der Waals surface area contributed by atoms with Gasteiger partial charge in [0.15, 0.2) is 5.01 Å². The van der Waals surface area contributed by atoms with Crippen LogP contribution < -0.4 is 5.32 Å². The normalized spacial score (nSPS) is 10.7. The number of anilines is 1. The summed E-state index contributed by atoms with van der Waals surface area (Å²) in [5, 5.41) is 13.8. The van der Waals surface area contributed by atoms with Gasteiger partial charge in [-0.1, -0.05) is 18.3 Å². The number of aromatic nitrogens is 5. The molecule has 0 aliphatic rings. The lowest BCUT2D eigenvalue weighted by Crippen LogP contribution is -1.86. The van der Waals surface area contributed by atoms with Crippen LogP contribution in [0.5, 0.6) is 0 Å². The van der Waals surface area contributed by atoms with Crippen molar-refractivity contribution in [1.29, 1.82) is 0 Å². The van der Waals surface area contributed by atoms with Gasteiger partial charge in [-0.3, -0.25) is 9.97 Å². The highest BCUT2D eigenvalue weighted by molar-refractivity contribution is 7.24. The summed E-state index contributed by atoms with van der Waals surface area (Å²) in [5.74, 6) is 0. The molecular formula is C12H12N6S2. The maximum absolute atomic E-state index is 4.64. The minimum atomic E-state index is 0.789. The summed E-state index contributed by atoms with van der Waals surface area (Å²) < 4.78 is 0. The standard InChI is InChI=1S/C12H12N6S2/c1-3-7-9(11-17-18-12(13-2)20-11)19-10(16-7)8-6-14-4-5-15-8/h4-6H,3H2,1-2H3,(H,13,18). The van der Waals surface area contributed by atoms with Gasteiger partial charge in [-0.2, -0.15) is 0 Å². The lowest BCUT2D eigenvalue weighted by molar-refractivity contribution is 1.05. The minimum Gasteiger partial charge on any atom is -0.363 e. The van der Waals surface area contributed by atoms with Crippen LogP contribution in [0.4, 0.5) is 5.13 Å². The molecule has 3 aromatic rings. The second kappa shape index (κ2) is 5.59. The molecule has 0 saturated heterocycles. The van der Waals surface area contributed by atoms with Crippen molar-refractivity contribution in [3.63, 3.8) is 0 Å². The van der Waals surface area contributed by atoms with E-state index in [1.807, 2.05) is 7.05 Å². The zero-order valence-electron chi connectivity index (χ0n) is 11.0. The molecule has 0 radical (unpaired) electrons. The molecule has 1 N–H and O–H groups in total. The van der Waals surface area contributed by atoms with Crippen molar-refractivity contribution in [1.82, 2.24) is 25.1 Å². The summed E-state index contributed by atoms with van der Waals surface area (Å²) in [6, 6.07) is 0. The van der Waals surface area contributed by atoms with Gasteiger partial charge in [-0.05, 0) is 6.42 Å². The molecule has 0 aliphatic carbocycles. The maximum atomic E-state index is 4.64. The zero-order chi connectivity index (χ0) is 13.9. The lowest BCUT2D eigenvalue weighted by Gasteiger charge is -1.92. The van der Waals surface area contributed by atoms with Gasteiger partial charge in [0.05, 0.1) is 16.8 Å². The number of rotatable bonds is 4. The highest BCUT2D eigenvalue weighted by atomic mass is 32.1. The van der Waals surface area contributed by atoms with Crippen molar-refractivity contribution in [3.8, 4) is 20.6 Å². The summed E-state index contributed by atoms with van der Waals surface area (Å²) in [5.41, 5.74) is 1.81. The molecule has 0 fully saturated rings. The first-order chi connectivity index (χ1) is 9.81.